The van der Waals surface area contributed by atoms with Gasteiger partial charge in [0.1, 0.15) is 48.0 Å². The van der Waals surface area contributed by atoms with Crippen LogP contribution < -0.4 is 17.0 Å². The van der Waals surface area contributed by atoms with Gasteiger partial charge in [0, 0.05) is 0 Å². The van der Waals surface area contributed by atoms with Crippen molar-refractivity contribution in [1.82, 2.24) is 39.0 Å². The van der Waals surface area contributed by atoms with E-state index >= 15 is 0 Å². The van der Waals surface area contributed by atoms with Gasteiger partial charge >= 0.3 is 0 Å². The SMILES string of the molecule is B[P@@]1(=O)OCC23COC(C(n4cnc5c(N)ncnc54)O2)C3O[P@](B)(=O)OCC2OC(n3cnc4c(=O)[nH]c(N)nc43)C(O1)C2O. The lowest BCUT2D eigenvalue weighted by atomic mass is 10.0. The minimum absolute atomic E-state index is 0.0198. The van der Waals surface area contributed by atoms with Crippen LogP contribution in [0.15, 0.2) is 23.8 Å². The molecule has 0 spiro atoms. The van der Waals surface area contributed by atoms with Crippen LogP contribution in [-0.2, 0) is 41.4 Å². The largest absolute Gasteiger partial charge is 0.387 e. The standard InChI is InChI=1S/C21H26B2N10O11P2/c22-45(36)39-1-7-10(34)11(18(41-7)33-6-29-9-16(33)30-20(25)31-17(9)35)43-46(23,37)40-3-21-2-38-12(13(21)44-45)19(42-21)32-5-28-8-14(24)26-4-27-15(8)32/h4-7,10-13,18-19,34H,1-3,22-23H2,(H2,24,26,27)(H3,25,30,31,35)/t7?,10?,11?,12?,13?,18?,19?,21?,45-,46-/m1/s1. The summed E-state index contributed by atoms with van der Waals surface area (Å²) >= 11 is 0. The molecule has 4 fully saturated rings. The lowest BCUT2D eigenvalue weighted by Crippen LogP contribution is -2.46. The molecule has 4 aliphatic rings. The van der Waals surface area contributed by atoms with Crippen LogP contribution in [0.4, 0.5) is 11.8 Å². The Morgan fingerprint density at radius 3 is 2.50 bits per heavy atom. The van der Waals surface area contributed by atoms with Crippen LogP contribution >= 0.6 is 14.9 Å². The number of hydrogen-bond donors (Lipinski definition) is 4. The molecule has 25 heteroatoms. The summed E-state index contributed by atoms with van der Waals surface area (Å²) in [7, 11) is -5.49. The molecule has 8 unspecified atom stereocenters. The molecule has 0 aromatic carbocycles. The molecule has 10 atom stereocenters. The number of anilines is 2. The summed E-state index contributed by atoms with van der Waals surface area (Å²) in [4.78, 5) is 35.5. The summed E-state index contributed by atoms with van der Waals surface area (Å²) in [6.07, 6.45) is -4.03. The van der Waals surface area contributed by atoms with Gasteiger partial charge in [0.2, 0.25) is 5.95 Å². The van der Waals surface area contributed by atoms with E-state index in [9.17, 15) is 19.0 Å². The smallest absolute Gasteiger partial charge is 0.280 e. The van der Waals surface area contributed by atoms with Crippen LogP contribution in [-0.4, -0.2) is 115 Å². The van der Waals surface area contributed by atoms with Crippen molar-refractivity contribution in [2.75, 3.05) is 31.3 Å². The molecule has 242 valence electrons. The van der Waals surface area contributed by atoms with Crippen LogP contribution in [0.2, 0.25) is 0 Å². The van der Waals surface area contributed by atoms with Crippen molar-refractivity contribution in [3.05, 3.63) is 29.3 Å². The van der Waals surface area contributed by atoms with E-state index in [1.54, 1.807) is 4.57 Å². The number of nitrogens with zero attached hydrogens (tertiary/aromatic N) is 7. The van der Waals surface area contributed by atoms with E-state index in [1.165, 1.54) is 38.7 Å². The Morgan fingerprint density at radius 1 is 0.957 bits per heavy atom. The maximum atomic E-state index is 13.9. The molecule has 8 heterocycles. The number of aliphatic hydroxyl groups excluding tert-OH is 1. The molecule has 4 saturated heterocycles. The van der Waals surface area contributed by atoms with Gasteiger partial charge in [-0.2, -0.15) is 4.98 Å². The maximum absolute atomic E-state index is 13.9. The average Bonchev–Trinajstić information content (AvgIpc) is 3.80. The first-order chi connectivity index (χ1) is 21.8. The quantitative estimate of drug-likeness (QED) is 0.124. The topological polar surface area (TPSA) is 278 Å². The molecule has 21 nitrogen and oxygen atoms in total. The number of nitrogens with two attached hydrogens (primary N) is 2. The van der Waals surface area contributed by atoms with E-state index in [0.717, 1.165) is 0 Å². The summed E-state index contributed by atoms with van der Waals surface area (Å²) in [6.45, 7) is -0.909. The van der Waals surface area contributed by atoms with E-state index in [0.29, 0.717) is 11.2 Å². The lowest BCUT2D eigenvalue weighted by Gasteiger charge is -2.33. The number of ether oxygens (including phenoxy) is 3. The zero-order valence-electron chi connectivity index (χ0n) is 24.1. The van der Waals surface area contributed by atoms with Gasteiger partial charge in [-0.1, -0.05) is 0 Å². The number of aromatic amines is 1. The second-order valence-corrected chi connectivity index (χ2v) is 15.5. The van der Waals surface area contributed by atoms with Crippen molar-refractivity contribution >= 4 is 64.2 Å². The second kappa shape index (κ2) is 10.4. The highest BCUT2D eigenvalue weighted by Gasteiger charge is 2.65. The first-order valence-corrected chi connectivity index (χ1v) is 17.9. The molecule has 4 aliphatic heterocycles. The van der Waals surface area contributed by atoms with Crippen molar-refractivity contribution < 1.29 is 46.5 Å². The Kier molecular flexibility index (Phi) is 6.80. The molecule has 0 radical (unpaired) electrons. The van der Waals surface area contributed by atoms with Gasteiger partial charge in [0.15, 0.2) is 35.1 Å². The first-order valence-electron chi connectivity index (χ1n) is 13.9. The molecule has 4 aromatic heterocycles. The van der Waals surface area contributed by atoms with Crippen molar-refractivity contribution in [2.45, 2.75) is 48.6 Å². The predicted molar refractivity (Wildman–Crippen MR) is 159 cm³/mol. The molecule has 0 saturated carbocycles. The van der Waals surface area contributed by atoms with E-state index in [4.69, 9.17) is 43.8 Å². The van der Waals surface area contributed by atoms with Crippen molar-refractivity contribution in [3.8, 4) is 0 Å². The van der Waals surface area contributed by atoms with Crippen LogP contribution in [0.5, 0.6) is 0 Å². The number of aromatic nitrogens is 8. The highest BCUT2D eigenvalue weighted by atomic mass is 31.2. The van der Waals surface area contributed by atoms with Crippen LogP contribution in [0, 0.1) is 0 Å². The third-order valence-electron chi connectivity index (χ3n) is 8.31. The fourth-order valence-electron chi connectivity index (χ4n) is 6.18. The number of H-pyrrole nitrogens is 1. The molecule has 8 rings (SSSR count). The van der Waals surface area contributed by atoms with Crippen LogP contribution in [0.1, 0.15) is 12.5 Å². The van der Waals surface area contributed by atoms with Crippen LogP contribution in [0.3, 0.4) is 0 Å². The number of hydrogen-bond acceptors (Lipinski definition) is 18. The number of imidazole rings is 2. The van der Waals surface area contributed by atoms with Gasteiger partial charge in [-0.3, -0.25) is 28.0 Å². The Bertz CT molecular complexity index is 2030. The highest BCUT2D eigenvalue weighted by molar-refractivity contribution is 7.79. The van der Waals surface area contributed by atoms with Gasteiger partial charge in [0.05, 0.1) is 32.5 Å². The monoisotopic (exact) mass is 678 g/mol. The molecule has 0 amide bonds. The Balaban J connectivity index is 1.14. The van der Waals surface area contributed by atoms with Gasteiger partial charge in [0.25, 0.3) is 35.6 Å². The summed E-state index contributed by atoms with van der Waals surface area (Å²) in [5, 5.41) is 11.3. The summed E-state index contributed by atoms with van der Waals surface area (Å²) in [5.74, 6) is -0.0260. The minimum atomic E-state index is -4.04. The Labute approximate surface area is 259 Å². The zero-order chi connectivity index (χ0) is 32.2. The van der Waals surface area contributed by atoms with E-state index in [1.807, 2.05) is 0 Å². The first kappa shape index (κ1) is 30.1. The van der Waals surface area contributed by atoms with Crippen molar-refractivity contribution in [3.63, 3.8) is 0 Å². The fraction of sp³-hybridized carbons (Fsp3) is 0.524. The Morgan fingerprint density at radius 2 is 1.70 bits per heavy atom. The van der Waals surface area contributed by atoms with E-state index in [2.05, 4.69) is 29.9 Å². The summed E-state index contributed by atoms with van der Waals surface area (Å²) < 4.78 is 72.7. The number of nitrogens with one attached hydrogen (secondary N) is 1. The summed E-state index contributed by atoms with van der Waals surface area (Å²) in [6, 6.07) is 0. The van der Waals surface area contributed by atoms with Gasteiger partial charge in [-0.05, 0) is 0 Å². The average molecular weight is 678 g/mol. The predicted octanol–water partition coefficient (Wildman–Crippen LogP) is -2.65. The normalized spacial score (nSPS) is 39.6. The third-order valence-corrected chi connectivity index (χ3v) is 10.8. The number of rotatable bonds is 2. The third kappa shape index (κ3) is 4.73. The summed E-state index contributed by atoms with van der Waals surface area (Å²) in [5.41, 5.74) is 10.3. The van der Waals surface area contributed by atoms with Gasteiger partial charge in [-0.15, -0.1) is 0 Å². The molecule has 4 aromatic rings. The van der Waals surface area contributed by atoms with Crippen molar-refractivity contribution in [1.29, 1.82) is 0 Å². The van der Waals surface area contributed by atoms with Gasteiger partial charge < -0.3 is 48.9 Å². The molecule has 0 aliphatic carbocycles. The number of aliphatic hydroxyl groups is 1. The molecule has 4 bridgehead atoms. The van der Waals surface area contributed by atoms with E-state index in [-0.39, 0.29) is 29.5 Å². The molecular formula is C21H26B2N10O11P2. The molecule has 46 heavy (non-hydrogen) atoms. The zero-order valence-corrected chi connectivity index (χ0v) is 25.9. The minimum Gasteiger partial charge on any atom is -0.387 e. The fourth-order valence-corrected chi connectivity index (χ4v) is 8.57. The maximum Gasteiger partial charge on any atom is 0.280 e. The molecular weight excluding hydrogens is 652 g/mol. The Hall–Kier alpha value is -3.23. The highest BCUT2D eigenvalue weighted by Crippen LogP contribution is 2.58. The van der Waals surface area contributed by atoms with Gasteiger partial charge in [-0.25, -0.2) is 19.9 Å². The lowest BCUT2D eigenvalue weighted by molar-refractivity contribution is -0.183. The van der Waals surface area contributed by atoms with E-state index < -0.39 is 82.3 Å². The van der Waals surface area contributed by atoms with Crippen LogP contribution in [0.25, 0.3) is 22.3 Å². The van der Waals surface area contributed by atoms with Crippen molar-refractivity contribution in [2.24, 2.45) is 0 Å². The number of nitrogen functional groups attached to an aromatic ring is 2. The number of fused-ring (bicyclic) bond motifs is 4. The second-order valence-electron chi connectivity index (χ2n) is 11.5. The molecule has 6 N–H and O–H groups in total.